The summed E-state index contributed by atoms with van der Waals surface area (Å²) in [5, 5.41) is 5.24. The quantitative estimate of drug-likeness (QED) is 0.609. The van der Waals surface area contributed by atoms with Crippen LogP contribution in [0.15, 0.2) is 66.7 Å². The molecule has 4 nitrogen and oxygen atoms in total. The number of carbonyl (C=O) groups is 1. The maximum atomic E-state index is 13.1. The monoisotopic (exact) mass is 442 g/mol. The molecule has 4 rings (SSSR count). The molecule has 1 heterocycles. The van der Waals surface area contributed by atoms with Gasteiger partial charge < -0.3 is 10.1 Å². The van der Waals surface area contributed by atoms with E-state index in [-0.39, 0.29) is 25.1 Å². The molecule has 1 aliphatic heterocycles. The molecule has 1 saturated heterocycles. The molecule has 1 aliphatic rings. The zero-order valence-corrected chi connectivity index (χ0v) is 17.7. The number of carbonyl (C=O) groups excluding carboxylic acids is 1. The molecule has 1 N–H and O–H groups in total. The lowest BCUT2D eigenvalue weighted by molar-refractivity contribution is -0.138. The van der Waals surface area contributed by atoms with Gasteiger partial charge in [0.2, 0.25) is 5.91 Å². The number of nitrogens with zero attached hydrogens (tertiary/aromatic N) is 1. The number of fused-ring (bicyclic) bond motifs is 1. The van der Waals surface area contributed by atoms with E-state index in [2.05, 4.69) is 5.32 Å². The molecule has 7 heteroatoms. The van der Waals surface area contributed by atoms with Crippen LogP contribution in [0.1, 0.15) is 29.7 Å². The van der Waals surface area contributed by atoms with Gasteiger partial charge in [-0.05, 0) is 34.9 Å². The standard InChI is InChI=1S/C25H25F3N2O2/c1-17(21-11-5-8-19-7-2-3-10-22(19)21)29-24(31)23-16-32-13-12-30(23)15-18-6-4-9-20(14-18)25(26,27)28/h2-11,14,17,23H,12-13,15-16H2,1H3,(H,29,31)/t17-,23?/m1/s1. The summed E-state index contributed by atoms with van der Waals surface area (Å²) in [5.41, 5.74) is 0.841. The van der Waals surface area contributed by atoms with E-state index in [1.165, 1.54) is 6.07 Å². The van der Waals surface area contributed by atoms with Crippen LogP contribution < -0.4 is 5.32 Å². The summed E-state index contributed by atoms with van der Waals surface area (Å²) in [4.78, 5) is 15.0. The van der Waals surface area contributed by atoms with Crippen LogP contribution in [0.2, 0.25) is 0 Å². The van der Waals surface area contributed by atoms with Crippen molar-refractivity contribution in [2.24, 2.45) is 0 Å². The van der Waals surface area contributed by atoms with Crippen LogP contribution in [0.3, 0.4) is 0 Å². The first-order valence-corrected chi connectivity index (χ1v) is 10.6. The van der Waals surface area contributed by atoms with E-state index in [1.54, 1.807) is 6.07 Å². The molecule has 0 saturated carbocycles. The van der Waals surface area contributed by atoms with Gasteiger partial charge in [-0.25, -0.2) is 0 Å². The first-order valence-electron chi connectivity index (χ1n) is 10.6. The lowest BCUT2D eigenvalue weighted by Gasteiger charge is -2.35. The van der Waals surface area contributed by atoms with Crippen LogP contribution in [-0.2, 0) is 22.3 Å². The van der Waals surface area contributed by atoms with Crippen molar-refractivity contribution in [3.8, 4) is 0 Å². The Labute approximate surface area is 185 Å². The molecule has 1 amide bonds. The summed E-state index contributed by atoms with van der Waals surface area (Å²) in [6, 6.07) is 18.4. The lowest BCUT2D eigenvalue weighted by Crippen LogP contribution is -2.53. The zero-order valence-electron chi connectivity index (χ0n) is 17.7. The highest BCUT2D eigenvalue weighted by atomic mass is 19.4. The summed E-state index contributed by atoms with van der Waals surface area (Å²) in [5.74, 6) is -0.197. The normalized spacial score (nSPS) is 18.4. The number of nitrogens with one attached hydrogen (secondary N) is 1. The van der Waals surface area contributed by atoms with Gasteiger partial charge in [0.05, 0.1) is 24.8 Å². The van der Waals surface area contributed by atoms with Crippen LogP contribution in [0.25, 0.3) is 10.8 Å². The van der Waals surface area contributed by atoms with Crippen molar-refractivity contribution in [1.82, 2.24) is 10.2 Å². The number of amides is 1. The van der Waals surface area contributed by atoms with Crippen molar-refractivity contribution in [1.29, 1.82) is 0 Å². The number of alkyl halides is 3. The maximum Gasteiger partial charge on any atom is 0.416 e. The largest absolute Gasteiger partial charge is 0.416 e. The number of hydrogen-bond donors (Lipinski definition) is 1. The van der Waals surface area contributed by atoms with Gasteiger partial charge in [0.25, 0.3) is 0 Å². The van der Waals surface area contributed by atoms with Gasteiger partial charge in [-0.3, -0.25) is 9.69 Å². The third-order valence-electron chi connectivity index (χ3n) is 5.83. The Balaban J connectivity index is 1.49. The fourth-order valence-corrected chi connectivity index (χ4v) is 4.16. The number of rotatable bonds is 5. The van der Waals surface area contributed by atoms with E-state index in [0.29, 0.717) is 18.7 Å². The summed E-state index contributed by atoms with van der Waals surface area (Å²) in [7, 11) is 0. The average Bonchev–Trinajstić information content (AvgIpc) is 2.78. The summed E-state index contributed by atoms with van der Waals surface area (Å²) in [6.07, 6.45) is -4.40. The minimum absolute atomic E-state index is 0.197. The second kappa shape index (κ2) is 9.30. The Morgan fingerprint density at radius 3 is 2.69 bits per heavy atom. The first kappa shape index (κ1) is 22.3. The van der Waals surface area contributed by atoms with Gasteiger partial charge >= 0.3 is 6.18 Å². The van der Waals surface area contributed by atoms with E-state index >= 15 is 0 Å². The van der Waals surface area contributed by atoms with Gasteiger partial charge in [0.1, 0.15) is 6.04 Å². The molecule has 32 heavy (non-hydrogen) atoms. The SMILES string of the molecule is C[C@@H](NC(=O)C1COCCN1Cc1cccc(C(F)(F)F)c1)c1cccc2ccccc12. The zero-order chi connectivity index (χ0) is 22.7. The highest BCUT2D eigenvalue weighted by molar-refractivity contribution is 5.87. The van der Waals surface area contributed by atoms with Crippen molar-refractivity contribution in [2.75, 3.05) is 19.8 Å². The Bertz CT molecular complexity index is 1090. The smallest absolute Gasteiger partial charge is 0.378 e. The van der Waals surface area contributed by atoms with Crippen LogP contribution in [-0.4, -0.2) is 36.6 Å². The minimum atomic E-state index is -4.40. The van der Waals surface area contributed by atoms with Gasteiger partial charge in [0, 0.05) is 13.1 Å². The third kappa shape index (κ3) is 4.95. The second-order valence-electron chi connectivity index (χ2n) is 8.06. The number of benzene rings is 3. The van der Waals surface area contributed by atoms with Crippen molar-refractivity contribution < 1.29 is 22.7 Å². The molecule has 1 unspecified atom stereocenters. The Kier molecular flexibility index (Phi) is 6.48. The molecule has 1 fully saturated rings. The van der Waals surface area contributed by atoms with Crippen LogP contribution in [0, 0.1) is 0 Å². The number of hydrogen-bond acceptors (Lipinski definition) is 3. The van der Waals surface area contributed by atoms with Crippen LogP contribution in [0.5, 0.6) is 0 Å². The molecule has 0 radical (unpaired) electrons. The molecule has 0 bridgehead atoms. The van der Waals surface area contributed by atoms with Crippen LogP contribution >= 0.6 is 0 Å². The van der Waals surface area contributed by atoms with Gasteiger partial charge in [-0.1, -0.05) is 60.7 Å². The predicted octanol–water partition coefficient (Wildman–Crippen LogP) is 4.94. The summed E-state index contributed by atoms with van der Waals surface area (Å²) < 4.78 is 44.7. The summed E-state index contributed by atoms with van der Waals surface area (Å²) in [6.45, 7) is 3.28. The fraction of sp³-hybridized carbons (Fsp3) is 0.320. The van der Waals surface area contributed by atoms with E-state index in [1.807, 2.05) is 54.3 Å². The van der Waals surface area contributed by atoms with Crippen molar-refractivity contribution >= 4 is 16.7 Å². The maximum absolute atomic E-state index is 13.1. The Morgan fingerprint density at radius 2 is 1.88 bits per heavy atom. The molecule has 0 aromatic heterocycles. The van der Waals surface area contributed by atoms with Crippen molar-refractivity contribution in [2.45, 2.75) is 31.7 Å². The Hall–Kier alpha value is -2.90. The lowest BCUT2D eigenvalue weighted by atomic mass is 9.99. The van der Waals surface area contributed by atoms with Crippen molar-refractivity contribution in [3.63, 3.8) is 0 Å². The minimum Gasteiger partial charge on any atom is -0.378 e. The second-order valence-corrected chi connectivity index (χ2v) is 8.06. The molecular weight excluding hydrogens is 417 g/mol. The first-order chi connectivity index (χ1) is 15.3. The van der Waals surface area contributed by atoms with Gasteiger partial charge in [-0.2, -0.15) is 13.2 Å². The molecule has 2 atom stereocenters. The molecule has 3 aromatic carbocycles. The molecule has 0 spiro atoms. The fourth-order valence-electron chi connectivity index (χ4n) is 4.16. The molecule has 3 aromatic rings. The Morgan fingerprint density at radius 1 is 1.12 bits per heavy atom. The third-order valence-corrected chi connectivity index (χ3v) is 5.83. The van der Waals surface area contributed by atoms with E-state index < -0.39 is 17.8 Å². The van der Waals surface area contributed by atoms with Crippen LogP contribution in [0.4, 0.5) is 13.2 Å². The van der Waals surface area contributed by atoms with Gasteiger partial charge in [-0.15, -0.1) is 0 Å². The van der Waals surface area contributed by atoms with E-state index in [9.17, 15) is 18.0 Å². The van der Waals surface area contributed by atoms with E-state index in [0.717, 1.165) is 28.5 Å². The molecule has 168 valence electrons. The average molecular weight is 442 g/mol. The van der Waals surface area contributed by atoms with Crippen molar-refractivity contribution in [3.05, 3.63) is 83.4 Å². The summed E-state index contributed by atoms with van der Waals surface area (Å²) >= 11 is 0. The number of halogens is 3. The highest BCUT2D eigenvalue weighted by Crippen LogP contribution is 2.30. The van der Waals surface area contributed by atoms with E-state index in [4.69, 9.17) is 4.74 Å². The van der Waals surface area contributed by atoms with Gasteiger partial charge in [0.15, 0.2) is 0 Å². The number of morpholine rings is 1. The molecular formula is C25H25F3N2O2. The topological polar surface area (TPSA) is 41.6 Å². The predicted molar refractivity (Wildman–Crippen MR) is 117 cm³/mol. The number of ether oxygens (including phenoxy) is 1. The molecule has 0 aliphatic carbocycles. The highest BCUT2D eigenvalue weighted by Gasteiger charge is 2.33.